The molecule has 0 aliphatic heterocycles. The van der Waals surface area contributed by atoms with Crippen LogP contribution < -0.4 is 10.6 Å². The van der Waals surface area contributed by atoms with E-state index in [1.165, 1.54) is 0 Å². The predicted molar refractivity (Wildman–Crippen MR) is 108 cm³/mol. The summed E-state index contributed by atoms with van der Waals surface area (Å²) >= 11 is 0. The number of carbonyl (C=O) groups excluding carboxylic acids is 1. The minimum Gasteiger partial charge on any atom is -0.315 e. The second-order valence-electron chi connectivity index (χ2n) is 6.34. The number of hydrogen-bond donors (Lipinski definition) is 2. The second kappa shape index (κ2) is 7.09. The first-order valence-electron chi connectivity index (χ1n) is 8.63. The van der Waals surface area contributed by atoms with E-state index in [1.54, 1.807) is 53.0 Å². The van der Waals surface area contributed by atoms with E-state index in [4.69, 9.17) is 6.42 Å². The summed E-state index contributed by atoms with van der Waals surface area (Å²) in [7, 11) is 1.77. The van der Waals surface area contributed by atoms with Gasteiger partial charge in [-0.15, -0.1) is 6.42 Å². The van der Waals surface area contributed by atoms with Gasteiger partial charge in [-0.05, 0) is 36.6 Å². The van der Waals surface area contributed by atoms with Gasteiger partial charge in [0.2, 0.25) is 5.95 Å². The molecular weight excluding hydrogens is 373 g/mol. The molecule has 0 unspecified atom stereocenters. The summed E-state index contributed by atoms with van der Waals surface area (Å²) < 4.78 is 17.8. The van der Waals surface area contributed by atoms with Gasteiger partial charge in [0.25, 0.3) is 5.91 Å². The van der Waals surface area contributed by atoms with Crippen molar-refractivity contribution in [3.63, 3.8) is 0 Å². The number of hydrogen-bond acceptors (Lipinski definition) is 5. The van der Waals surface area contributed by atoms with E-state index < -0.39 is 11.7 Å². The predicted octanol–water partition coefficient (Wildman–Crippen LogP) is 2.92. The lowest BCUT2D eigenvalue weighted by Crippen LogP contribution is -2.08. The van der Waals surface area contributed by atoms with Gasteiger partial charge in [-0.25, -0.2) is 9.37 Å². The molecule has 8 nitrogen and oxygen atoms in total. The van der Waals surface area contributed by atoms with Crippen molar-refractivity contribution in [1.29, 1.82) is 0 Å². The van der Waals surface area contributed by atoms with E-state index in [0.717, 1.165) is 22.7 Å². The summed E-state index contributed by atoms with van der Waals surface area (Å²) in [5.41, 5.74) is 2.17. The van der Waals surface area contributed by atoms with E-state index in [0.29, 0.717) is 11.5 Å². The normalized spacial score (nSPS) is 10.7. The Morgan fingerprint density at radius 1 is 1.31 bits per heavy atom. The van der Waals surface area contributed by atoms with Crippen molar-refractivity contribution in [2.24, 2.45) is 7.05 Å². The molecule has 0 spiro atoms. The Balaban J connectivity index is 1.76. The van der Waals surface area contributed by atoms with Gasteiger partial charge in [-0.2, -0.15) is 10.1 Å². The Morgan fingerprint density at radius 2 is 2.14 bits per heavy atom. The molecule has 0 saturated heterocycles. The number of anilines is 3. The molecule has 0 atom stereocenters. The summed E-state index contributed by atoms with van der Waals surface area (Å²) in [5.74, 6) is 1.92. The molecule has 1 amide bonds. The van der Waals surface area contributed by atoms with E-state index in [9.17, 15) is 9.18 Å². The molecule has 144 valence electrons. The van der Waals surface area contributed by atoms with Crippen LogP contribution in [0.25, 0.3) is 16.7 Å². The van der Waals surface area contributed by atoms with Crippen molar-refractivity contribution in [1.82, 2.24) is 24.3 Å². The molecule has 4 aromatic rings. The fraction of sp³-hybridized carbons (Fsp3) is 0.100. The lowest BCUT2D eigenvalue weighted by Gasteiger charge is -2.10. The summed E-state index contributed by atoms with van der Waals surface area (Å²) in [4.78, 5) is 19.8. The highest BCUT2D eigenvalue weighted by Gasteiger charge is 2.15. The maximum absolute atomic E-state index is 14.6. The van der Waals surface area contributed by atoms with E-state index >= 15 is 0 Å². The lowest BCUT2D eigenvalue weighted by atomic mass is 10.2. The third kappa shape index (κ3) is 3.39. The van der Waals surface area contributed by atoms with Crippen LogP contribution in [0.2, 0.25) is 0 Å². The van der Waals surface area contributed by atoms with E-state index in [1.807, 2.05) is 12.8 Å². The average molecular weight is 389 g/mol. The number of terminal acetylenes is 1. The van der Waals surface area contributed by atoms with Gasteiger partial charge in [-0.3, -0.25) is 14.0 Å². The number of carbonyl (C=O) groups is 1. The zero-order valence-electron chi connectivity index (χ0n) is 15.6. The summed E-state index contributed by atoms with van der Waals surface area (Å²) in [6.07, 6.45) is 9.62. The van der Waals surface area contributed by atoms with Gasteiger partial charge in [0.15, 0.2) is 11.6 Å². The monoisotopic (exact) mass is 389 g/mol. The van der Waals surface area contributed by atoms with Crippen LogP contribution in [0.4, 0.5) is 21.8 Å². The van der Waals surface area contributed by atoms with Gasteiger partial charge in [-0.1, -0.05) is 0 Å². The molecule has 0 fully saturated rings. The number of nitrogens with zero attached hydrogens (tertiary/aromatic N) is 5. The van der Waals surface area contributed by atoms with Gasteiger partial charge in [0.05, 0.1) is 17.9 Å². The third-order valence-electron chi connectivity index (χ3n) is 4.41. The first kappa shape index (κ1) is 18.2. The summed E-state index contributed by atoms with van der Waals surface area (Å²) in [6.45, 7) is 1.89. The Kier molecular flexibility index (Phi) is 4.44. The van der Waals surface area contributed by atoms with Crippen LogP contribution in [-0.2, 0) is 11.8 Å². The first-order chi connectivity index (χ1) is 14.0. The molecule has 4 rings (SSSR count). The number of rotatable bonds is 4. The Labute approximate surface area is 165 Å². The van der Waals surface area contributed by atoms with Crippen molar-refractivity contribution < 1.29 is 9.18 Å². The zero-order valence-corrected chi connectivity index (χ0v) is 15.6. The molecule has 2 N–H and O–H groups in total. The highest BCUT2D eigenvalue weighted by atomic mass is 19.1. The minimum atomic E-state index is -0.567. The zero-order chi connectivity index (χ0) is 20.5. The number of aryl methyl sites for hydroxylation is 2. The lowest BCUT2D eigenvalue weighted by molar-refractivity contribution is -0.111. The Bertz CT molecular complexity index is 1280. The van der Waals surface area contributed by atoms with Gasteiger partial charge >= 0.3 is 0 Å². The number of fused-ring (bicyclic) bond motifs is 1. The molecule has 1 aromatic carbocycles. The topological polar surface area (TPSA) is 89.7 Å². The SMILES string of the molecule is C#CC(=O)Nc1ccc2c(c1)c(C)cn2-c1nc(Nc2ccnn2C)ncc1F. The molecule has 3 heterocycles. The molecule has 9 heteroatoms. The summed E-state index contributed by atoms with van der Waals surface area (Å²) in [5, 5.41) is 10.5. The highest BCUT2D eigenvalue weighted by molar-refractivity contribution is 6.04. The molecular formula is C20H16FN7O. The van der Waals surface area contributed by atoms with E-state index in [-0.39, 0.29) is 11.8 Å². The Hall–Kier alpha value is -4.19. The number of benzene rings is 1. The van der Waals surface area contributed by atoms with E-state index in [2.05, 4.69) is 25.7 Å². The molecule has 0 aliphatic rings. The van der Waals surface area contributed by atoms with Crippen molar-refractivity contribution in [2.45, 2.75) is 6.92 Å². The van der Waals surface area contributed by atoms with Crippen LogP contribution in [0.3, 0.4) is 0 Å². The van der Waals surface area contributed by atoms with Crippen LogP contribution in [0, 0.1) is 25.1 Å². The largest absolute Gasteiger partial charge is 0.315 e. The molecule has 0 radical (unpaired) electrons. The second-order valence-corrected chi connectivity index (χ2v) is 6.34. The molecule has 0 saturated carbocycles. The van der Waals surface area contributed by atoms with Crippen molar-refractivity contribution in [3.8, 4) is 18.2 Å². The first-order valence-corrected chi connectivity index (χ1v) is 8.63. The smallest absolute Gasteiger partial charge is 0.300 e. The van der Waals surface area contributed by atoms with Crippen molar-refractivity contribution in [3.05, 3.63) is 54.2 Å². The quantitative estimate of drug-likeness (QED) is 0.524. The number of nitrogens with one attached hydrogen (secondary N) is 2. The standard InChI is InChI=1S/C20H16FN7O/c1-4-18(29)24-13-5-6-16-14(9-13)12(2)11-28(16)19-15(21)10-22-20(26-19)25-17-7-8-23-27(17)3/h1,5-11H,2-3H3,(H,24,29)(H,22,25,26). The number of halogens is 1. The van der Waals surface area contributed by atoms with Crippen LogP contribution >= 0.6 is 0 Å². The van der Waals surface area contributed by atoms with Crippen LogP contribution in [0.1, 0.15) is 5.56 Å². The van der Waals surface area contributed by atoms with Crippen molar-refractivity contribution >= 4 is 34.3 Å². The maximum Gasteiger partial charge on any atom is 0.300 e. The minimum absolute atomic E-state index is 0.100. The van der Waals surface area contributed by atoms with Gasteiger partial charge in [0.1, 0.15) is 5.82 Å². The molecule has 3 aromatic heterocycles. The summed E-state index contributed by atoms with van der Waals surface area (Å²) in [6, 6.07) is 7.00. The third-order valence-corrected chi connectivity index (χ3v) is 4.41. The fourth-order valence-corrected chi connectivity index (χ4v) is 3.01. The molecule has 0 bridgehead atoms. The van der Waals surface area contributed by atoms with Gasteiger partial charge in [0, 0.05) is 30.4 Å². The number of aromatic nitrogens is 5. The van der Waals surface area contributed by atoms with Crippen LogP contribution in [0.15, 0.2) is 42.9 Å². The van der Waals surface area contributed by atoms with Crippen LogP contribution in [-0.4, -0.2) is 30.2 Å². The fourth-order valence-electron chi connectivity index (χ4n) is 3.01. The highest BCUT2D eigenvalue weighted by Crippen LogP contribution is 2.28. The van der Waals surface area contributed by atoms with Crippen molar-refractivity contribution in [2.75, 3.05) is 10.6 Å². The number of amides is 1. The van der Waals surface area contributed by atoms with Crippen LogP contribution in [0.5, 0.6) is 0 Å². The average Bonchev–Trinajstić information content (AvgIpc) is 3.26. The van der Waals surface area contributed by atoms with Gasteiger partial charge < -0.3 is 10.6 Å². The molecule has 29 heavy (non-hydrogen) atoms. The maximum atomic E-state index is 14.6. The Morgan fingerprint density at radius 3 is 2.86 bits per heavy atom. The molecule has 0 aliphatic carbocycles.